The molecular weight excluding hydrogens is 274 g/mol. The molecule has 4 nitrogen and oxygen atoms in total. The fraction of sp³-hybridized carbons (Fsp3) is 0.200. The van der Waals surface area contributed by atoms with E-state index in [2.05, 4.69) is 16.4 Å². The maximum atomic E-state index is 9.01. The number of aryl methyl sites for hydroxylation is 1. The van der Waals surface area contributed by atoms with Gasteiger partial charge in [0, 0.05) is 29.4 Å². The smallest absolute Gasteiger partial charge is 0.145 e. The van der Waals surface area contributed by atoms with Gasteiger partial charge in [0.2, 0.25) is 0 Å². The Morgan fingerprint density at radius 3 is 2.95 bits per heavy atom. The average molecular weight is 288 g/mol. The molecule has 0 fully saturated rings. The summed E-state index contributed by atoms with van der Waals surface area (Å²) in [7, 11) is 1.59. The van der Waals surface area contributed by atoms with Crippen molar-refractivity contribution in [1.82, 2.24) is 4.98 Å². The van der Waals surface area contributed by atoms with Gasteiger partial charge in [0.05, 0.1) is 12.8 Å². The largest absolute Gasteiger partial charge is 0.495 e. The van der Waals surface area contributed by atoms with E-state index in [0.717, 1.165) is 16.8 Å². The van der Waals surface area contributed by atoms with Gasteiger partial charge in [0.25, 0.3) is 0 Å². The van der Waals surface area contributed by atoms with Crippen LogP contribution in [-0.4, -0.2) is 12.1 Å². The Morgan fingerprint density at radius 1 is 1.45 bits per heavy atom. The van der Waals surface area contributed by atoms with E-state index in [4.69, 9.17) is 21.6 Å². The molecule has 0 aliphatic heterocycles. The van der Waals surface area contributed by atoms with Crippen molar-refractivity contribution in [2.24, 2.45) is 0 Å². The fourth-order valence-corrected chi connectivity index (χ4v) is 2.00. The first-order chi connectivity index (χ1) is 9.65. The number of rotatable bonds is 4. The normalized spacial score (nSPS) is 9.90. The SMILES string of the molecule is COc1cc(Cl)c(C)cc1NCc1cccnc1C#N. The first-order valence-electron chi connectivity index (χ1n) is 6.07. The van der Waals surface area contributed by atoms with Crippen LogP contribution in [0.5, 0.6) is 5.75 Å². The summed E-state index contributed by atoms with van der Waals surface area (Å²) in [4.78, 5) is 4.03. The van der Waals surface area contributed by atoms with E-state index in [1.165, 1.54) is 0 Å². The van der Waals surface area contributed by atoms with Gasteiger partial charge in [-0.15, -0.1) is 0 Å². The van der Waals surface area contributed by atoms with Crippen LogP contribution in [-0.2, 0) is 6.54 Å². The van der Waals surface area contributed by atoms with Crippen LogP contribution in [0.25, 0.3) is 0 Å². The maximum absolute atomic E-state index is 9.01. The number of methoxy groups -OCH3 is 1. The zero-order valence-electron chi connectivity index (χ0n) is 11.3. The molecule has 1 aromatic carbocycles. The van der Waals surface area contributed by atoms with Gasteiger partial charge in [-0.05, 0) is 24.6 Å². The molecule has 0 atom stereocenters. The van der Waals surface area contributed by atoms with Crippen molar-refractivity contribution in [2.45, 2.75) is 13.5 Å². The molecule has 2 aromatic rings. The Balaban J connectivity index is 2.23. The predicted octanol–water partition coefficient (Wildman–Crippen LogP) is 3.54. The summed E-state index contributed by atoms with van der Waals surface area (Å²) in [5, 5.41) is 12.9. The lowest BCUT2D eigenvalue weighted by atomic mass is 10.1. The summed E-state index contributed by atoms with van der Waals surface area (Å²) < 4.78 is 5.30. The minimum absolute atomic E-state index is 0.421. The number of nitrogens with one attached hydrogen (secondary N) is 1. The Morgan fingerprint density at radius 2 is 2.25 bits per heavy atom. The van der Waals surface area contributed by atoms with Gasteiger partial charge in [0.1, 0.15) is 17.5 Å². The van der Waals surface area contributed by atoms with Crippen LogP contribution in [0.1, 0.15) is 16.8 Å². The Labute approximate surface area is 123 Å². The van der Waals surface area contributed by atoms with Gasteiger partial charge in [-0.2, -0.15) is 5.26 Å². The highest BCUT2D eigenvalue weighted by molar-refractivity contribution is 6.31. The molecule has 0 saturated carbocycles. The minimum Gasteiger partial charge on any atom is -0.495 e. The third kappa shape index (κ3) is 3.01. The summed E-state index contributed by atoms with van der Waals surface area (Å²) in [5.41, 5.74) is 3.05. The number of hydrogen-bond donors (Lipinski definition) is 1. The highest BCUT2D eigenvalue weighted by Gasteiger charge is 2.08. The van der Waals surface area contributed by atoms with Gasteiger partial charge in [-0.25, -0.2) is 4.98 Å². The van der Waals surface area contributed by atoms with Crippen molar-refractivity contribution >= 4 is 17.3 Å². The molecule has 0 unspecified atom stereocenters. The first-order valence-corrected chi connectivity index (χ1v) is 6.45. The standard InChI is InChI=1S/C15H14ClN3O/c1-10-6-13(15(20-2)7-12(10)16)19-9-11-4-3-5-18-14(11)8-17/h3-7,19H,9H2,1-2H3. The lowest BCUT2D eigenvalue weighted by Crippen LogP contribution is -2.04. The lowest BCUT2D eigenvalue weighted by Gasteiger charge is -2.13. The van der Waals surface area contributed by atoms with E-state index in [9.17, 15) is 0 Å². The summed E-state index contributed by atoms with van der Waals surface area (Å²) in [6, 6.07) is 9.45. The average Bonchev–Trinajstić information content (AvgIpc) is 2.48. The molecule has 5 heteroatoms. The van der Waals surface area contributed by atoms with Crippen molar-refractivity contribution in [3.05, 3.63) is 52.3 Å². The minimum atomic E-state index is 0.421. The number of nitriles is 1. The van der Waals surface area contributed by atoms with E-state index in [0.29, 0.717) is 23.0 Å². The van der Waals surface area contributed by atoms with E-state index in [1.54, 1.807) is 19.4 Å². The number of ether oxygens (including phenoxy) is 1. The topological polar surface area (TPSA) is 57.9 Å². The summed E-state index contributed by atoms with van der Waals surface area (Å²) in [6.45, 7) is 2.42. The second-order valence-electron chi connectivity index (χ2n) is 4.28. The number of anilines is 1. The van der Waals surface area contributed by atoms with Crippen molar-refractivity contribution in [2.75, 3.05) is 12.4 Å². The Kier molecular flexibility index (Phi) is 4.44. The third-order valence-electron chi connectivity index (χ3n) is 2.95. The number of hydrogen-bond acceptors (Lipinski definition) is 4. The zero-order valence-corrected chi connectivity index (χ0v) is 12.0. The summed E-state index contributed by atoms with van der Waals surface area (Å²) in [5.74, 6) is 0.669. The number of pyridine rings is 1. The van der Waals surface area contributed by atoms with Crippen LogP contribution in [0.15, 0.2) is 30.5 Å². The quantitative estimate of drug-likeness (QED) is 0.934. The molecule has 0 amide bonds. The molecule has 20 heavy (non-hydrogen) atoms. The van der Waals surface area contributed by atoms with Gasteiger partial charge in [0.15, 0.2) is 0 Å². The highest BCUT2D eigenvalue weighted by atomic mass is 35.5. The molecule has 102 valence electrons. The van der Waals surface area contributed by atoms with Crippen molar-refractivity contribution in [3.63, 3.8) is 0 Å². The van der Waals surface area contributed by atoms with Crippen LogP contribution in [0.4, 0.5) is 5.69 Å². The van der Waals surface area contributed by atoms with Crippen LogP contribution in [0, 0.1) is 18.3 Å². The van der Waals surface area contributed by atoms with E-state index in [1.807, 2.05) is 25.1 Å². The monoisotopic (exact) mass is 287 g/mol. The van der Waals surface area contributed by atoms with Gasteiger partial charge < -0.3 is 10.1 Å². The van der Waals surface area contributed by atoms with Crippen LogP contribution in [0.3, 0.4) is 0 Å². The van der Waals surface area contributed by atoms with Crippen molar-refractivity contribution < 1.29 is 4.74 Å². The van der Waals surface area contributed by atoms with E-state index >= 15 is 0 Å². The van der Waals surface area contributed by atoms with Gasteiger partial charge in [-0.3, -0.25) is 0 Å². The number of nitrogens with zero attached hydrogens (tertiary/aromatic N) is 2. The number of aromatic nitrogens is 1. The second kappa shape index (κ2) is 6.27. The van der Waals surface area contributed by atoms with Crippen molar-refractivity contribution in [1.29, 1.82) is 5.26 Å². The molecule has 0 radical (unpaired) electrons. The van der Waals surface area contributed by atoms with Gasteiger partial charge >= 0.3 is 0 Å². The fourth-order valence-electron chi connectivity index (χ4n) is 1.84. The molecular formula is C15H14ClN3O. The third-order valence-corrected chi connectivity index (χ3v) is 3.35. The molecule has 2 rings (SSSR count). The van der Waals surface area contributed by atoms with Crippen LogP contribution in [0.2, 0.25) is 5.02 Å². The molecule has 0 saturated heterocycles. The predicted molar refractivity (Wildman–Crippen MR) is 79.0 cm³/mol. The Hall–Kier alpha value is -2.25. The first kappa shape index (κ1) is 14.2. The molecule has 1 heterocycles. The lowest BCUT2D eigenvalue weighted by molar-refractivity contribution is 0.416. The summed E-state index contributed by atoms with van der Waals surface area (Å²) >= 11 is 6.07. The Bertz CT molecular complexity index is 665. The van der Waals surface area contributed by atoms with E-state index in [-0.39, 0.29) is 0 Å². The summed E-state index contributed by atoms with van der Waals surface area (Å²) in [6.07, 6.45) is 1.61. The van der Waals surface area contributed by atoms with Crippen LogP contribution < -0.4 is 10.1 Å². The molecule has 0 aliphatic carbocycles. The molecule has 0 bridgehead atoms. The second-order valence-corrected chi connectivity index (χ2v) is 4.69. The molecule has 1 N–H and O–H groups in total. The molecule has 0 spiro atoms. The number of halogens is 1. The zero-order chi connectivity index (χ0) is 14.5. The van der Waals surface area contributed by atoms with Gasteiger partial charge in [-0.1, -0.05) is 17.7 Å². The highest BCUT2D eigenvalue weighted by Crippen LogP contribution is 2.31. The maximum Gasteiger partial charge on any atom is 0.145 e. The molecule has 1 aromatic heterocycles. The molecule has 0 aliphatic rings. The van der Waals surface area contributed by atoms with Crippen LogP contribution >= 0.6 is 11.6 Å². The van der Waals surface area contributed by atoms with E-state index < -0.39 is 0 Å². The number of benzene rings is 1. The van der Waals surface area contributed by atoms with Crippen molar-refractivity contribution in [3.8, 4) is 11.8 Å².